The van der Waals surface area contributed by atoms with Gasteiger partial charge in [0.2, 0.25) is 0 Å². The molecule has 1 amide bonds. The maximum atomic E-state index is 13.2. The first kappa shape index (κ1) is 13.3. The van der Waals surface area contributed by atoms with Crippen molar-refractivity contribution in [1.29, 1.82) is 0 Å². The average Bonchev–Trinajstić information content (AvgIpc) is 2.43. The highest BCUT2D eigenvalue weighted by molar-refractivity contribution is 6.04. The largest absolute Gasteiger partial charge is 0.322 e. The monoisotopic (exact) mass is 257 g/mol. The second-order valence-electron chi connectivity index (χ2n) is 4.37. The molecule has 1 N–H and O–H groups in total. The molecule has 2 rings (SSSR count). The Morgan fingerprint density at radius 3 is 2.58 bits per heavy atom. The van der Waals surface area contributed by atoms with Crippen molar-refractivity contribution in [3.63, 3.8) is 0 Å². The lowest BCUT2D eigenvalue weighted by molar-refractivity contribution is 0.102. The van der Waals surface area contributed by atoms with Crippen molar-refractivity contribution in [2.75, 3.05) is 5.32 Å². The first-order valence-electron chi connectivity index (χ1n) is 6.35. The molecule has 0 aromatic heterocycles. The Hall–Kier alpha value is -2.16. The van der Waals surface area contributed by atoms with Crippen LogP contribution in [0, 0.1) is 5.82 Å². The van der Waals surface area contributed by atoms with Crippen LogP contribution in [0.5, 0.6) is 0 Å². The highest BCUT2D eigenvalue weighted by Gasteiger charge is 2.09. The van der Waals surface area contributed by atoms with E-state index in [1.165, 1.54) is 12.1 Å². The van der Waals surface area contributed by atoms with E-state index in [0.29, 0.717) is 11.3 Å². The smallest absolute Gasteiger partial charge is 0.255 e. The highest BCUT2D eigenvalue weighted by atomic mass is 19.1. The summed E-state index contributed by atoms with van der Waals surface area (Å²) in [5.74, 6) is -0.453. The third-order valence-corrected chi connectivity index (χ3v) is 2.87. The molecule has 0 aliphatic heterocycles. The van der Waals surface area contributed by atoms with Crippen LogP contribution in [0.15, 0.2) is 48.5 Å². The molecule has 0 radical (unpaired) electrons. The molecular formula is C16H16FNO. The molecule has 0 saturated carbocycles. The number of hydrogen-bond donors (Lipinski definition) is 1. The predicted molar refractivity (Wildman–Crippen MR) is 74.8 cm³/mol. The van der Waals surface area contributed by atoms with Crippen molar-refractivity contribution >= 4 is 11.6 Å². The van der Waals surface area contributed by atoms with Gasteiger partial charge in [0.25, 0.3) is 5.91 Å². The molecule has 0 spiro atoms. The minimum atomic E-state index is -0.277. The van der Waals surface area contributed by atoms with Gasteiger partial charge >= 0.3 is 0 Å². The fourth-order valence-electron chi connectivity index (χ4n) is 1.94. The van der Waals surface area contributed by atoms with Gasteiger partial charge in [0.15, 0.2) is 0 Å². The summed E-state index contributed by atoms with van der Waals surface area (Å²) >= 11 is 0. The number of benzene rings is 2. The van der Waals surface area contributed by atoms with E-state index < -0.39 is 0 Å². The molecular weight excluding hydrogens is 241 g/mol. The lowest BCUT2D eigenvalue weighted by Crippen LogP contribution is -2.13. The van der Waals surface area contributed by atoms with E-state index in [1.807, 2.05) is 25.1 Å². The number of anilines is 1. The van der Waals surface area contributed by atoms with Crippen LogP contribution in [0.1, 0.15) is 29.3 Å². The van der Waals surface area contributed by atoms with Crippen molar-refractivity contribution in [3.05, 3.63) is 65.5 Å². The van der Waals surface area contributed by atoms with E-state index in [4.69, 9.17) is 0 Å². The number of rotatable bonds is 4. The summed E-state index contributed by atoms with van der Waals surface area (Å²) in [4.78, 5) is 12.1. The second-order valence-corrected chi connectivity index (χ2v) is 4.37. The normalized spacial score (nSPS) is 10.2. The standard InChI is InChI=1S/C16H16FNO/c1-2-6-13-11-14(17)9-10-15(13)18-16(19)12-7-4-3-5-8-12/h3-5,7-11H,2,6H2,1H3,(H,18,19). The van der Waals surface area contributed by atoms with Gasteiger partial charge in [0.05, 0.1) is 0 Å². The minimum Gasteiger partial charge on any atom is -0.322 e. The van der Waals surface area contributed by atoms with Crippen LogP contribution in [-0.4, -0.2) is 5.91 Å². The highest BCUT2D eigenvalue weighted by Crippen LogP contribution is 2.19. The Labute approximate surface area is 112 Å². The number of hydrogen-bond acceptors (Lipinski definition) is 1. The summed E-state index contributed by atoms with van der Waals surface area (Å²) < 4.78 is 13.2. The molecule has 0 atom stereocenters. The van der Waals surface area contributed by atoms with Crippen molar-refractivity contribution in [1.82, 2.24) is 0 Å². The molecule has 0 bridgehead atoms. The molecule has 0 unspecified atom stereocenters. The van der Waals surface area contributed by atoms with Gasteiger partial charge in [-0.25, -0.2) is 4.39 Å². The zero-order valence-corrected chi connectivity index (χ0v) is 10.8. The lowest BCUT2D eigenvalue weighted by Gasteiger charge is -2.10. The summed E-state index contributed by atoms with van der Waals surface area (Å²) in [6.45, 7) is 2.02. The molecule has 3 heteroatoms. The fraction of sp³-hybridized carbons (Fsp3) is 0.188. The van der Waals surface area contributed by atoms with E-state index in [9.17, 15) is 9.18 Å². The van der Waals surface area contributed by atoms with Crippen LogP contribution in [0.25, 0.3) is 0 Å². The first-order valence-corrected chi connectivity index (χ1v) is 6.35. The first-order chi connectivity index (χ1) is 9.20. The third-order valence-electron chi connectivity index (χ3n) is 2.87. The molecule has 0 aliphatic carbocycles. The Bertz CT molecular complexity index is 566. The van der Waals surface area contributed by atoms with Crippen molar-refractivity contribution < 1.29 is 9.18 Å². The van der Waals surface area contributed by atoms with Gasteiger partial charge in [-0.15, -0.1) is 0 Å². The molecule has 98 valence electrons. The molecule has 0 heterocycles. The van der Waals surface area contributed by atoms with E-state index in [2.05, 4.69) is 5.32 Å². The predicted octanol–water partition coefficient (Wildman–Crippen LogP) is 4.03. The van der Waals surface area contributed by atoms with E-state index in [-0.39, 0.29) is 11.7 Å². The number of carbonyl (C=O) groups excluding carboxylic acids is 1. The molecule has 0 aliphatic rings. The SMILES string of the molecule is CCCc1cc(F)ccc1NC(=O)c1ccccc1. The zero-order chi connectivity index (χ0) is 13.7. The maximum absolute atomic E-state index is 13.2. The van der Waals surface area contributed by atoms with Gasteiger partial charge in [-0.3, -0.25) is 4.79 Å². The van der Waals surface area contributed by atoms with Crippen molar-refractivity contribution in [3.8, 4) is 0 Å². The molecule has 19 heavy (non-hydrogen) atoms. The second kappa shape index (κ2) is 6.14. The van der Waals surface area contributed by atoms with Crippen LogP contribution in [0.4, 0.5) is 10.1 Å². The Balaban J connectivity index is 2.21. The molecule has 0 saturated heterocycles. The Morgan fingerprint density at radius 1 is 1.16 bits per heavy atom. The average molecular weight is 257 g/mol. The molecule has 2 nitrogen and oxygen atoms in total. The topological polar surface area (TPSA) is 29.1 Å². The van der Waals surface area contributed by atoms with Gasteiger partial charge in [0, 0.05) is 11.3 Å². The van der Waals surface area contributed by atoms with Crippen molar-refractivity contribution in [2.24, 2.45) is 0 Å². The van der Waals surface area contributed by atoms with Crippen LogP contribution < -0.4 is 5.32 Å². The number of nitrogens with one attached hydrogen (secondary N) is 1. The van der Waals surface area contributed by atoms with Crippen LogP contribution in [0.3, 0.4) is 0 Å². The van der Waals surface area contributed by atoms with Crippen LogP contribution in [0.2, 0.25) is 0 Å². The fourth-order valence-corrected chi connectivity index (χ4v) is 1.94. The van der Waals surface area contributed by atoms with Crippen LogP contribution >= 0.6 is 0 Å². The van der Waals surface area contributed by atoms with Gasteiger partial charge in [-0.2, -0.15) is 0 Å². The van der Waals surface area contributed by atoms with E-state index >= 15 is 0 Å². The van der Waals surface area contributed by atoms with Gasteiger partial charge in [0.1, 0.15) is 5.82 Å². The lowest BCUT2D eigenvalue weighted by atomic mass is 10.1. The number of aryl methyl sites for hydroxylation is 1. The summed E-state index contributed by atoms with van der Waals surface area (Å²) in [7, 11) is 0. The van der Waals surface area contributed by atoms with E-state index in [1.54, 1.807) is 18.2 Å². The summed E-state index contributed by atoms with van der Waals surface area (Å²) in [5, 5.41) is 2.83. The van der Waals surface area contributed by atoms with E-state index in [0.717, 1.165) is 18.4 Å². The maximum Gasteiger partial charge on any atom is 0.255 e. The molecule has 0 fully saturated rings. The zero-order valence-electron chi connectivity index (χ0n) is 10.8. The summed E-state index contributed by atoms with van der Waals surface area (Å²) in [5.41, 5.74) is 2.10. The van der Waals surface area contributed by atoms with Crippen LogP contribution in [-0.2, 0) is 6.42 Å². The number of amides is 1. The third kappa shape index (κ3) is 3.41. The number of halogens is 1. The summed E-state index contributed by atoms with van der Waals surface area (Å²) in [6, 6.07) is 13.4. The summed E-state index contributed by atoms with van der Waals surface area (Å²) in [6.07, 6.45) is 1.64. The van der Waals surface area contributed by atoms with Crippen molar-refractivity contribution in [2.45, 2.75) is 19.8 Å². The Kier molecular flexibility index (Phi) is 4.29. The van der Waals surface area contributed by atoms with Gasteiger partial charge < -0.3 is 5.32 Å². The van der Waals surface area contributed by atoms with Gasteiger partial charge in [-0.05, 0) is 42.3 Å². The minimum absolute atomic E-state index is 0.176. The molecule has 2 aromatic carbocycles. The molecule has 2 aromatic rings. The Morgan fingerprint density at radius 2 is 1.89 bits per heavy atom. The van der Waals surface area contributed by atoms with Gasteiger partial charge in [-0.1, -0.05) is 31.5 Å². The number of carbonyl (C=O) groups is 1. The quantitative estimate of drug-likeness (QED) is 0.880.